The predicted octanol–water partition coefficient (Wildman–Crippen LogP) is 15.7. The van der Waals surface area contributed by atoms with E-state index in [2.05, 4.69) is 208 Å². The molecule has 264 valence electrons. The van der Waals surface area contributed by atoms with Crippen LogP contribution in [0.1, 0.15) is 203 Å². The van der Waals surface area contributed by atoms with E-state index in [1.165, 1.54) is 44.5 Å². The van der Waals surface area contributed by atoms with Crippen LogP contribution in [0, 0.1) is 0 Å². The lowest BCUT2D eigenvalue weighted by Crippen LogP contribution is -1.97. The molecule has 0 nitrogen and oxygen atoms in total. The largest absolute Gasteiger partial charge is 0.0620 e. The van der Waals surface area contributed by atoms with Gasteiger partial charge in [-0.25, -0.2) is 0 Å². The Bertz CT molecular complexity index is 1250. The summed E-state index contributed by atoms with van der Waals surface area (Å²) in [6.45, 7) is 35.8. The highest BCUT2D eigenvalue weighted by Crippen LogP contribution is 2.25. The van der Waals surface area contributed by atoms with Gasteiger partial charge < -0.3 is 0 Å². The van der Waals surface area contributed by atoms with Crippen molar-refractivity contribution >= 4 is 0 Å². The molecule has 0 heteroatoms. The van der Waals surface area contributed by atoms with Crippen LogP contribution in [0.2, 0.25) is 0 Å². The van der Waals surface area contributed by atoms with Crippen LogP contribution < -0.4 is 0 Å². The minimum atomic E-state index is 0.642. The molecule has 4 rings (SSSR count). The Kier molecular flexibility index (Phi) is 19.5. The summed E-state index contributed by atoms with van der Waals surface area (Å²) in [6, 6.07) is 35.4. The van der Waals surface area contributed by atoms with E-state index in [1.807, 2.05) is 0 Å². The van der Waals surface area contributed by atoms with Gasteiger partial charge in [-0.15, -0.1) is 0 Å². The third kappa shape index (κ3) is 15.4. The second-order valence-corrected chi connectivity index (χ2v) is 15.9. The summed E-state index contributed by atoms with van der Waals surface area (Å²) in [5.74, 6) is 5.14. The van der Waals surface area contributed by atoms with Crippen molar-refractivity contribution in [3.8, 4) is 0 Å². The van der Waals surface area contributed by atoms with Crippen molar-refractivity contribution in [2.45, 2.75) is 158 Å². The van der Waals surface area contributed by atoms with Crippen LogP contribution in [-0.2, 0) is 0 Å². The fourth-order valence-electron chi connectivity index (χ4n) is 5.38. The molecule has 0 aromatic heterocycles. The van der Waals surface area contributed by atoms with Gasteiger partial charge in [0.1, 0.15) is 0 Å². The molecule has 0 aliphatic heterocycles. The van der Waals surface area contributed by atoms with E-state index >= 15 is 0 Å². The summed E-state index contributed by atoms with van der Waals surface area (Å²) in [4.78, 5) is 0. The first-order chi connectivity index (χ1) is 22.5. The van der Waals surface area contributed by atoms with Gasteiger partial charge in [-0.2, -0.15) is 0 Å². The first kappa shape index (κ1) is 42.9. The highest BCUT2D eigenvalue weighted by atomic mass is 14.1. The maximum atomic E-state index is 2.31. The zero-order valence-electron chi connectivity index (χ0n) is 33.9. The lowest BCUT2D eigenvalue weighted by atomic mass is 9.91. The zero-order valence-corrected chi connectivity index (χ0v) is 33.9. The Balaban J connectivity index is 0.000000320. The third-order valence-electron chi connectivity index (χ3n) is 9.00. The van der Waals surface area contributed by atoms with Gasteiger partial charge in [0, 0.05) is 0 Å². The summed E-state index contributed by atoms with van der Waals surface area (Å²) < 4.78 is 0. The average Bonchev–Trinajstić information content (AvgIpc) is 3.05. The summed E-state index contributed by atoms with van der Waals surface area (Å²) in [5, 5.41) is 0. The predicted molar refractivity (Wildman–Crippen MR) is 218 cm³/mol. The number of benzene rings is 4. The molecule has 48 heavy (non-hydrogen) atoms. The van der Waals surface area contributed by atoms with Gasteiger partial charge in [-0.3, -0.25) is 0 Å². The maximum absolute atomic E-state index is 2.31. The molecule has 0 aliphatic carbocycles. The van der Waals surface area contributed by atoms with Crippen molar-refractivity contribution in [2.75, 3.05) is 0 Å². The van der Waals surface area contributed by atoms with Crippen LogP contribution in [0.3, 0.4) is 0 Å². The van der Waals surface area contributed by atoms with Crippen LogP contribution in [0.4, 0.5) is 0 Å². The first-order valence-corrected chi connectivity index (χ1v) is 18.8. The molecule has 0 fully saturated rings. The van der Waals surface area contributed by atoms with Crippen molar-refractivity contribution in [3.05, 3.63) is 142 Å². The molecule has 0 atom stereocenters. The topological polar surface area (TPSA) is 0 Å². The van der Waals surface area contributed by atoms with E-state index in [0.29, 0.717) is 47.3 Å². The van der Waals surface area contributed by atoms with E-state index in [0.717, 1.165) is 0 Å². The Morgan fingerprint density at radius 1 is 0.229 bits per heavy atom. The van der Waals surface area contributed by atoms with Crippen LogP contribution in [0.15, 0.2) is 97.1 Å². The first-order valence-electron chi connectivity index (χ1n) is 18.8. The van der Waals surface area contributed by atoms with Gasteiger partial charge in [-0.05, 0) is 91.9 Å². The van der Waals surface area contributed by atoms with Crippen molar-refractivity contribution in [3.63, 3.8) is 0 Å². The van der Waals surface area contributed by atoms with Crippen LogP contribution in [-0.4, -0.2) is 0 Å². The van der Waals surface area contributed by atoms with Crippen molar-refractivity contribution < 1.29 is 0 Å². The van der Waals surface area contributed by atoms with Crippen LogP contribution >= 0.6 is 0 Å². The van der Waals surface area contributed by atoms with Gasteiger partial charge in [0.25, 0.3) is 0 Å². The monoisotopic (exact) mass is 649 g/mol. The highest BCUT2D eigenvalue weighted by Gasteiger charge is 2.08. The molecule has 0 saturated heterocycles. The fourth-order valence-corrected chi connectivity index (χ4v) is 5.38. The third-order valence-corrected chi connectivity index (χ3v) is 9.00. The summed E-state index contributed by atoms with van der Waals surface area (Å²) in [6.07, 6.45) is 0. The SMILES string of the molecule is CC(C)c1ccc(C(C)C)cc1.CC(C)c1cccc(C(C)C)c1.CC(C)c1cccc(C(C)C)c1.CC(C)c1ccccc1C(C)C. The van der Waals surface area contributed by atoms with E-state index < -0.39 is 0 Å². The minimum Gasteiger partial charge on any atom is -0.0620 e. The van der Waals surface area contributed by atoms with E-state index in [9.17, 15) is 0 Å². The Hall–Kier alpha value is -3.12. The molecular formula is C48H72. The van der Waals surface area contributed by atoms with Crippen molar-refractivity contribution in [2.24, 2.45) is 0 Å². The van der Waals surface area contributed by atoms with Gasteiger partial charge in [0.05, 0.1) is 0 Å². The quantitative estimate of drug-likeness (QED) is 0.178. The average molecular weight is 649 g/mol. The second kappa shape index (κ2) is 21.8. The van der Waals surface area contributed by atoms with Crippen LogP contribution in [0.25, 0.3) is 0 Å². The molecule has 0 bridgehead atoms. The summed E-state index contributed by atoms with van der Waals surface area (Å²) in [5.41, 5.74) is 11.6. The molecule has 4 aromatic carbocycles. The van der Waals surface area contributed by atoms with Gasteiger partial charge in [0.2, 0.25) is 0 Å². The zero-order chi connectivity index (χ0) is 36.6. The normalized spacial score (nSPS) is 11.2. The Morgan fingerprint density at radius 3 is 0.646 bits per heavy atom. The molecule has 4 aromatic rings. The fraction of sp³-hybridized carbons (Fsp3) is 0.500. The molecule has 0 radical (unpaired) electrons. The Labute approximate surface area is 298 Å². The lowest BCUT2D eigenvalue weighted by molar-refractivity contribution is 0.790. The van der Waals surface area contributed by atoms with Crippen molar-refractivity contribution in [1.82, 2.24) is 0 Å². The molecule has 0 aliphatic rings. The highest BCUT2D eigenvalue weighted by molar-refractivity contribution is 5.32. The van der Waals surface area contributed by atoms with Gasteiger partial charge >= 0.3 is 0 Å². The van der Waals surface area contributed by atoms with E-state index in [4.69, 9.17) is 0 Å². The Morgan fingerprint density at radius 2 is 0.458 bits per heavy atom. The number of hydrogen-bond acceptors (Lipinski definition) is 0. The second-order valence-electron chi connectivity index (χ2n) is 15.9. The van der Waals surface area contributed by atoms with Gasteiger partial charge in [0.15, 0.2) is 0 Å². The lowest BCUT2D eigenvalue weighted by Gasteiger charge is -2.14. The minimum absolute atomic E-state index is 0.642. The number of rotatable bonds is 8. The summed E-state index contributed by atoms with van der Waals surface area (Å²) >= 11 is 0. The molecule has 0 N–H and O–H groups in total. The van der Waals surface area contributed by atoms with E-state index in [1.54, 1.807) is 0 Å². The molecule has 0 spiro atoms. The number of hydrogen-bond donors (Lipinski definition) is 0. The van der Waals surface area contributed by atoms with Gasteiger partial charge in [-0.1, -0.05) is 208 Å². The molecule has 0 heterocycles. The molecule has 0 amide bonds. The van der Waals surface area contributed by atoms with E-state index in [-0.39, 0.29) is 0 Å². The molecular weight excluding hydrogens is 577 g/mol. The molecule has 0 unspecified atom stereocenters. The standard InChI is InChI=1S/4C12H18/c1-9(2)11-5-7-12(8-6-11)10(3)4;2*1-9(2)11-6-5-7-12(8-11)10(3)4;1-9(2)11-7-5-6-8-12(11)10(3)4/h4*5-10H,1-4H3. The van der Waals surface area contributed by atoms with Crippen molar-refractivity contribution in [1.29, 1.82) is 0 Å². The maximum Gasteiger partial charge on any atom is -0.0216 e. The molecule has 0 saturated carbocycles. The smallest absolute Gasteiger partial charge is 0.0216 e. The summed E-state index contributed by atoms with van der Waals surface area (Å²) in [7, 11) is 0. The van der Waals surface area contributed by atoms with Crippen LogP contribution in [0.5, 0.6) is 0 Å².